The summed E-state index contributed by atoms with van der Waals surface area (Å²) < 4.78 is 22.3. The number of carboxylic acid groups (broad SMARTS) is 1. The van der Waals surface area contributed by atoms with Crippen LogP contribution in [0.4, 0.5) is 0 Å². The Bertz CT molecular complexity index is 386. The Hall–Kier alpha value is -1.11. The zero-order valence-electron chi connectivity index (χ0n) is 10.3. The van der Waals surface area contributed by atoms with Gasteiger partial charge in [0.25, 0.3) is 0 Å². The predicted octanol–water partition coefficient (Wildman–Crippen LogP) is 0.0382. The van der Waals surface area contributed by atoms with E-state index in [1.165, 1.54) is 20.8 Å². The maximum atomic E-state index is 11.4. The summed E-state index contributed by atoms with van der Waals surface area (Å²) in [6.45, 7) is 4.44. The molecule has 0 aliphatic heterocycles. The van der Waals surface area contributed by atoms with Gasteiger partial charge in [-0.3, -0.25) is 9.59 Å². The minimum Gasteiger partial charge on any atom is -0.481 e. The van der Waals surface area contributed by atoms with Crippen LogP contribution in [0.2, 0.25) is 0 Å². The van der Waals surface area contributed by atoms with E-state index < -0.39 is 27.1 Å². The molecule has 1 amide bonds. The van der Waals surface area contributed by atoms with Gasteiger partial charge in [-0.05, 0) is 13.8 Å². The number of carboxylic acids is 1. The van der Waals surface area contributed by atoms with Crippen LogP contribution >= 0.6 is 0 Å². The molecule has 2 N–H and O–H groups in total. The summed E-state index contributed by atoms with van der Waals surface area (Å²) in [6, 6.07) is 0. The van der Waals surface area contributed by atoms with E-state index >= 15 is 0 Å². The van der Waals surface area contributed by atoms with Crippen molar-refractivity contribution < 1.29 is 23.1 Å². The molecule has 0 radical (unpaired) electrons. The molecule has 0 fully saturated rings. The maximum absolute atomic E-state index is 11.4. The molecule has 0 spiro atoms. The minimum absolute atomic E-state index is 0.0186. The lowest BCUT2D eigenvalue weighted by atomic mass is 9.89. The Labute approximate surface area is 101 Å². The molecule has 17 heavy (non-hydrogen) atoms. The minimum atomic E-state index is -3.11. The first-order chi connectivity index (χ1) is 7.60. The van der Waals surface area contributed by atoms with E-state index in [1.807, 2.05) is 0 Å². The van der Waals surface area contributed by atoms with Crippen LogP contribution in [0.25, 0.3) is 0 Å². The summed E-state index contributed by atoms with van der Waals surface area (Å²) in [5, 5.41) is 11.2. The van der Waals surface area contributed by atoms with Gasteiger partial charge < -0.3 is 10.4 Å². The Morgan fingerprint density at radius 3 is 2.24 bits per heavy atom. The van der Waals surface area contributed by atoms with Gasteiger partial charge in [0.2, 0.25) is 5.91 Å². The maximum Gasteiger partial charge on any atom is 0.309 e. The fourth-order valence-corrected chi connectivity index (χ4v) is 1.73. The normalized spacial score (nSPS) is 12.2. The summed E-state index contributed by atoms with van der Waals surface area (Å²) in [7, 11) is -3.11. The van der Waals surface area contributed by atoms with Crippen LogP contribution in [0, 0.1) is 5.41 Å². The van der Waals surface area contributed by atoms with E-state index in [4.69, 9.17) is 5.11 Å². The molecule has 0 aliphatic carbocycles. The SMILES string of the molecule is CCS(=O)(=O)CCNC(=O)CC(C)(C)C(=O)O. The van der Waals surface area contributed by atoms with Crippen LogP contribution in [0.5, 0.6) is 0 Å². The van der Waals surface area contributed by atoms with E-state index in [2.05, 4.69) is 5.32 Å². The van der Waals surface area contributed by atoms with Crippen LogP contribution < -0.4 is 5.32 Å². The number of hydrogen-bond acceptors (Lipinski definition) is 4. The van der Waals surface area contributed by atoms with E-state index in [1.54, 1.807) is 0 Å². The quantitative estimate of drug-likeness (QED) is 0.676. The van der Waals surface area contributed by atoms with E-state index in [-0.39, 0.29) is 24.5 Å². The van der Waals surface area contributed by atoms with Gasteiger partial charge in [0.15, 0.2) is 9.84 Å². The zero-order valence-corrected chi connectivity index (χ0v) is 11.1. The summed E-state index contributed by atoms with van der Waals surface area (Å²) in [4.78, 5) is 22.1. The molecule has 0 unspecified atom stereocenters. The van der Waals surface area contributed by atoms with Gasteiger partial charge in [-0.15, -0.1) is 0 Å². The molecule has 0 saturated carbocycles. The second-order valence-electron chi connectivity index (χ2n) is 4.45. The molecule has 0 rings (SSSR count). The second kappa shape index (κ2) is 6.00. The van der Waals surface area contributed by atoms with Crippen molar-refractivity contribution in [3.63, 3.8) is 0 Å². The average molecular weight is 265 g/mol. The van der Waals surface area contributed by atoms with Crippen molar-refractivity contribution in [3.8, 4) is 0 Å². The molecule has 100 valence electrons. The highest BCUT2D eigenvalue weighted by Gasteiger charge is 2.29. The third-order valence-electron chi connectivity index (χ3n) is 2.36. The third-order valence-corrected chi connectivity index (χ3v) is 4.06. The molecule has 0 heterocycles. The molecule has 7 heteroatoms. The number of nitrogens with one attached hydrogen (secondary N) is 1. The fourth-order valence-electron chi connectivity index (χ4n) is 1.03. The van der Waals surface area contributed by atoms with Crippen molar-refractivity contribution in [2.45, 2.75) is 27.2 Å². The molecule has 0 aromatic rings. The number of carbonyl (C=O) groups is 2. The molecule has 0 bridgehead atoms. The largest absolute Gasteiger partial charge is 0.481 e. The average Bonchev–Trinajstić information content (AvgIpc) is 2.16. The van der Waals surface area contributed by atoms with E-state index in [0.717, 1.165) is 0 Å². The summed E-state index contributed by atoms with van der Waals surface area (Å²) in [5.74, 6) is -1.61. The second-order valence-corrected chi connectivity index (χ2v) is 6.92. The lowest BCUT2D eigenvalue weighted by Crippen LogP contribution is -2.35. The van der Waals surface area contributed by atoms with E-state index in [0.29, 0.717) is 0 Å². The van der Waals surface area contributed by atoms with Crippen LogP contribution in [-0.2, 0) is 19.4 Å². The highest BCUT2D eigenvalue weighted by atomic mass is 32.2. The van der Waals surface area contributed by atoms with Crippen molar-refractivity contribution in [2.24, 2.45) is 5.41 Å². The highest BCUT2D eigenvalue weighted by Crippen LogP contribution is 2.19. The molecule has 0 aliphatic rings. The van der Waals surface area contributed by atoms with Gasteiger partial charge in [-0.25, -0.2) is 8.42 Å². The number of hydrogen-bond donors (Lipinski definition) is 2. The summed E-state index contributed by atoms with van der Waals surface area (Å²) in [6.07, 6.45) is -0.172. The fraction of sp³-hybridized carbons (Fsp3) is 0.800. The molecular formula is C10H19NO5S. The Kier molecular flexibility index (Phi) is 5.60. The summed E-state index contributed by atoms with van der Waals surface area (Å²) in [5.41, 5.74) is -1.15. The van der Waals surface area contributed by atoms with Crippen molar-refractivity contribution in [1.82, 2.24) is 5.32 Å². The van der Waals surface area contributed by atoms with E-state index in [9.17, 15) is 18.0 Å². The molecule has 0 atom stereocenters. The molecule has 6 nitrogen and oxygen atoms in total. The smallest absolute Gasteiger partial charge is 0.309 e. The topological polar surface area (TPSA) is 101 Å². The standard InChI is InChI=1S/C10H19NO5S/c1-4-17(15,16)6-5-11-8(12)7-10(2,3)9(13)14/h4-7H2,1-3H3,(H,11,12)(H,13,14). The van der Waals surface area contributed by atoms with Gasteiger partial charge in [-0.2, -0.15) is 0 Å². The Morgan fingerprint density at radius 1 is 1.29 bits per heavy atom. The van der Waals surface area contributed by atoms with Crippen molar-refractivity contribution >= 4 is 21.7 Å². The van der Waals surface area contributed by atoms with Gasteiger partial charge in [0.1, 0.15) is 0 Å². The first-order valence-electron chi connectivity index (χ1n) is 5.31. The first-order valence-corrected chi connectivity index (χ1v) is 7.13. The van der Waals surface area contributed by atoms with Crippen molar-refractivity contribution in [3.05, 3.63) is 0 Å². The monoisotopic (exact) mass is 265 g/mol. The number of sulfone groups is 1. The van der Waals surface area contributed by atoms with Gasteiger partial charge in [-0.1, -0.05) is 6.92 Å². The Morgan fingerprint density at radius 2 is 1.82 bits per heavy atom. The van der Waals surface area contributed by atoms with Crippen molar-refractivity contribution in [2.75, 3.05) is 18.1 Å². The molecule has 0 aromatic heterocycles. The number of aliphatic carboxylic acids is 1. The number of rotatable bonds is 7. The van der Waals surface area contributed by atoms with Crippen LogP contribution in [-0.4, -0.2) is 43.5 Å². The van der Waals surface area contributed by atoms with Crippen LogP contribution in [0.3, 0.4) is 0 Å². The molecular weight excluding hydrogens is 246 g/mol. The van der Waals surface area contributed by atoms with Crippen LogP contribution in [0.1, 0.15) is 27.2 Å². The van der Waals surface area contributed by atoms with Gasteiger partial charge in [0, 0.05) is 18.7 Å². The summed E-state index contributed by atoms with van der Waals surface area (Å²) >= 11 is 0. The first kappa shape index (κ1) is 15.9. The van der Waals surface area contributed by atoms with Crippen LogP contribution in [0.15, 0.2) is 0 Å². The lowest BCUT2D eigenvalue weighted by Gasteiger charge is -2.18. The molecule has 0 saturated heterocycles. The van der Waals surface area contributed by atoms with Crippen molar-refractivity contribution in [1.29, 1.82) is 0 Å². The number of carbonyl (C=O) groups excluding carboxylic acids is 1. The zero-order chi connectivity index (χ0) is 13.7. The third kappa shape index (κ3) is 6.25. The number of amides is 1. The predicted molar refractivity (Wildman–Crippen MR) is 63.4 cm³/mol. The van der Waals surface area contributed by atoms with Gasteiger partial charge in [0.05, 0.1) is 11.2 Å². The molecule has 0 aromatic carbocycles. The lowest BCUT2D eigenvalue weighted by molar-refractivity contribution is -0.149. The van der Waals surface area contributed by atoms with Gasteiger partial charge >= 0.3 is 5.97 Å². The Balaban J connectivity index is 4.10. The highest BCUT2D eigenvalue weighted by molar-refractivity contribution is 7.91.